The van der Waals surface area contributed by atoms with Gasteiger partial charge in [0.05, 0.1) is 0 Å². The van der Waals surface area contributed by atoms with Gasteiger partial charge in [0.1, 0.15) is 0 Å². The van der Waals surface area contributed by atoms with Crippen LogP contribution in [0.1, 0.15) is 12.3 Å². The predicted molar refractivity (Wildman–Crippen MR) is 78.6 cm³/mol. The fourth-order valence-corrected chi connectivity index (χ4v) is 2.72. The third-order valence-corrected chi connectivity index (χ3v) is 3.96. The highest BCUT2D eigenvalue weighted by Gasteiger charge is 2.38. The number of nitrogens with zero attached hydrogens (tertiary/aromatic N) is 2. The number of hydrogen-bond acceptors (Lipinski definition) is 5. The summed E-state index contributed by atoms with van der Waals surface area (Å²) in [6, 6.07) is 14.2. The number of fused-ring (bicyclic) bond motifs is 1. The first-order chi connectivity index (χ1) is 10.2. The molecule has 21 heavy (non-hydrogen) atoms. The quantitative estimate of drug-likeness (QED) is 0.752. The van der Waals surface area contributed by atoms with Crippen LogP contribution in [0.3, 0.4) is 0 Å². The summed E-state index contributed by atoms with van der Waals surface area (Å²) in [5, 5.41) is 19.8. The molecule has 0 saturated carbocycles. The minimum atomic E-state index is -1.04. The molecular weight excluding hydrogens is 266 g/mol. The van der Waals surface area contributed by atoms with Gasteiger partial charge in [0.2, 0.25) is 5.82 Å². The second-order valence-electron chi connectivity index (χ2n) is 5.44. The SMILES string of the molecule is OC1(c2nc(-c3ccc4ccccc4c3)no2)CCNC1. The fourth-order valence-electron chi connectivity index (χ4n) is 2.72. The van der Waals surface area contributed by atoms with Crippen LogP contribution in [-0.4, -0.2) is 28.3 Å². The summed E-state index contributed by atoms with van der Waals surface area (Å²) < 4.78 is 5.27. The Balaban J connectivity index is 1.73. The molecule has 5 nitrogen and oxygen atoms in total. The molecule has 1 unspecified atom stereocenters. The Morgan fingerprint density at radius 2 is 2.00 bits per heavy atom. The molecule has 106 valence electrons. The highest BCUT2D eigenvalue weighted by Crippen LogP contribution is 2.29. The fraction of sp³-hybridized carbons (Fsp3) is 0.250. The number of rotatable bonds is 2. The molecule has 0 radical (unpaired) electrons. The van der Waals surface area contributed by atoms with E-state index in [0.29, 0.717) is 18.8 Å². The van der Waals surface area contributed by atoms with Gasteiger partial charge in [-0.05, 0) is 29.8 Å². The van der Waals surface area contributed by atoms with Crippen molar-refractivity contribution in [1.29, 1.82) is 0 Å². The zero-order chi connectivity index (χ0) is 14.3. The molecule has 2 aromatic carbocycles. The van der Waals surface area contributed by atoms with E-state index in [1.165, 1.54) is 5.39 Å². The predicted octanol–water partition coefficient (Wildman–Crippen LogP) is 2.07. The Morgan fingerprint density at radius 1 is 1.14 bits per heavy atom. The highest BCUT2D eigenvalue weighted by atomic mass is 16.5. The normalized spacial score (nSPS) is 22.0. The standard InChI is InChI=1S/C16H15N3O2/c20-16(7-8-17-10-16)15-18-14(19-21-15)13-6-5-11-3-1-2-4-12(11)9-13/h1-6,9,17,20H,7-8,10H2. The van der Waals surface area contributed by atoms with E-state index >= 15 is 0 Å². The molecule has 4 rings (SSSR count). The molecule has 0 amide bonds. The van der Waals surface area contributed by atoms with E-state index in [1.807, 2.05) is 36.4 Å². The Morgan fingerprint density at radius 3 is 2.81 bits per heavy atom. The van der Waals surface area contributed by atoms with Gasteiger partial charge in [0.25, 0.3) is 5.89 Å². The van der Waals surface area contributed by atoms with Crippen molar-refractivity contribution in [3.05, 3.63) is 48.4 Å². The Kier molecular flexibility index (Phi) is 2.77. The molecule has 1 aliphatic heterocycles. The molecule has 1 saturated heterocycles. The molecule has 2 heterocycles. The van der Waals surface area contributed by atoms with Crippen LogP contribution in [0.5, 0.6) is 0 Å². The summed E-state index contributed by atoms with van der Waals surface area (Å²) in [6.07, 6.45) is 0.590. The molecule has 0 bridgehead atoms. The van der Waals surface area contributed by atoms with Crippen molar-refractivity contribution in [1.82, 2.24) is 15.5 Å². The van der Waals surface area contributed by atoms with Crippen LogP contribution in [0.2, 0.25) is 0 Å². The average Bonchev–Trinajstić information content (AvgIpc) is 3.17. The molecule has 1 aromatic heterocycles. The zero-order valence-electron chi connectivity index (χ0n) is 11.4. The molecule has 0 spiro atoms. The third-order valence-electron chi connectivity index (χ3n) is 3.96. The van der Waals surface area contributed by atoms with Crippen molar-refractivity contribution in [2.45, 2.75) is 12.0 Å². The number of aromatic nitrogens is 2. The molecule has 2 N–H and O–H groups in total. The Bertz CT molecular complexity index is 791. The maximum Gasteiger partial charge on any atom is 0.260 e. The lowest BCUT2D eigenvalue weighted by Crippen LogP contribution is -2.28. The number of aliphatic hydroxyl groups is 1. The van der Waals surface area contributed by atoms with Gasteiger partial charge < -0.3 is 14.9 Å². The Labute approximate surface area is 121 Å². The van der Waals surface area contributed by atoms with Gasteiger partial charge in [0.15, 0.2) is 5.60 Å². The van der Waals surface area contributed by atoms with Crippen LogP contribution in [0.15, 0.2) is 47.0 Å². The maximum absolute atomic E-state index is 10.4. The van der Waals surface area contributed by atoms with Crippen molar-refractivity contribution in [3.63, 3.8) is 0 Å². The summed E-state index contributed by atoms with van der Waals surface area (Å²) in [5.74, 6) is 0.798. The second kappa shape index (κ2) is 4.65. The van der Waals surface area contributed by atoms with E-state index in [4.69, 9.17) is 4.52 Å². The summed E-state index contributed by atoms with van der Waals surface area (Å²) in [6.45, 7) is 1.20. The van der Waals surface area contributed by atoms with Crippen molar-refractivity contribution < 1.29 is 9.63 Å². The molecule has 1 atom stereocenters. The van der Waals surface area contributed by atoms with E-state index in [-0.39, 0.29) is 5.89 Å². The number of β-amino-alcohol motifs (C(OH)–C–C–N with tert-alkyl or cyclic N) is 1. The number of nitrogens with one attached hydrogen (secondary N) is 1. The molecule has 0 aliphatic carbocycles. The van der Waals surface area contributed by atoms with E-state index < -0.39 is 5.60 Å². The first kappa shape index (κ1) is 12.5. The van der Waals surface area contributed by atoms with Crippen LogP contribution in [0, 0.1) is 0 Å². The number of benzene rings is 2. The van der Waals surface area contributed by atoms with Crippen molar-refractivity contribution in [2.24, 2.45) is 0 Å². The minimum absolute atomic E-state index is 0.288. The zero-order valence-corrected chi connectivity index (χ0v) is 11.4. The first-order valence-corrected chi connectivity index (χ1v) is 7.01. The van der Waals surface area contributed by atoms with E-state index in [9.17, 15) is 5.11 Å². The Hall–Kier alpha value is -2.24. The van der Waals surface area contributed by atoms with Crippen molar-refractivity contribution in [3.8, 4) is 11.4 Å². The number of hydrogen-bond donors (Lipinski definition) is 2. The molecule has 1 fully saturated rings. The van der Waals surface area contributed by atoms with Crippen molar-refractivity contribution in [2.75, 3.05) is 13.1 Å². The van der Waals surface area contributed by atoms with Crippen molar-refractivity contribution >= 4 is 10.8 Å². The van der Waals surface area contributed by atoms with E-state index in [1.54, 1.807) is 0 Å². The minimum Gasteiger partial charge on any atom is -0.379 e. The van der Waals surface area contributed by atoms with Crippen LogP contribution < -0.4 is 5.32 Å². The molecule has 5 heteroatoms. The van der Waals surface area contributed by atoms with Gasteiger partial charge >= 0.3 is 0 Å². The van der Waals surface area contributed by atoms with Crippen LogP contribution in [0.25, 0.3) is 22.2 Å². The average molecular weight is 281 g/mol. The van der Waals surface area contributed by atoms with Crippen LogP contribution >= 0.6 is 0 Å². The van der Waals surface area contributed by atoms with Gasteiger partial charge in [0, 0.05) is 12.1 Å². The molecule has 1 aliphatic rings. The molecule has 3 aromatic rings. The van der Waals surface area contributed by atoms with Crippen LogP contribution in [0.4, 0.5) is 0 Å². The first-order valence-electron chi connectivity index (χ1n) is 7.01. The van der Waals surface area contributed by atoms with E-state index in [0.717, 1.165) is 17.5 Å². The lowest BCUT2D eigenvalue weighted by atomic mass is 10.0. The topological polar surface area (TPSA) is 71.2 Å². The third kappa shape index (κ3) is 2.11. The lowest BCUT2D eigenvalue weighted by molar-refractivity contribution is 0.0243. The highest BCUT2D eigenvalue weighted by molar-refractivity contribution is 5.86. The summed E-state index contributed by atoms with van der Waals surface area (Å²) in [7, 11) is 0. The summed E-state index contributed by atoms with van der Waals surface area (Å²) in [4.78, 5) is 4.37. The van der Waals surface area contributed by atoms with Gasteiger partial charge in [-0.1, -0.05) is 41.6 Å². The van der Waals surface area contributed by atoms with Gasteiger partial charge in [-0.25, -0.2) is 0 Å². The van der Waals surface area contributed by atoms with E-state index in [2.05, 4.69) is 21.5 Å². The summed E-state index contributed by atoms with van der Waals surface area (Å²) in [5.41, 5.74) is -0.152. The van der Waals surface area contributed by atoms with Crippen LogP contribution in [-0.2, 0) is 5.60 Å². The smallest absolute Gasteiger partial charge is 0.260 e. The monoisotopic (exact) mass is 281 g/mol. The molecular formula is C16H15N3O2. The maximum atomic E-state index is 10.4. The largest absolute Gasteiger partial charge is 0.379 e. The van der Waals surface area contributed by atoms with Gasteiger partial charge in [-0.3, -0.25) is 0 Å². The van der Waals surface area contributed by atoms with Gasteiger partial charge in [-0.2, -0.15) is 4.98 Å². The summed E-state index contributed by atoms with van der Waals surface area (Å²) >= 11 is 0. The lowest BCUT2D eigenvalue weighted by Gasteiger charge is -2.14. The second-order valence-corrected chi connectivity index (χ2v) is 5.44. The van der Waals surface area contributed by atoms with Gasteiger partial charge in [-0.15, -0.1) is 0 Å².